The van der Waals surface area contributed by atoms with Gasteiger partial charge in [-0.1, -0.05) is 11.6 Å². The highest BCUT2D eigenvalue weighted by molar-refractivity contribution is 6.58. The highest BCUT2D eigenvalue weighted by Crippen LogP contribution is 2.66. The van der Waals surface area contributed by atoms with Crippen molar-refractivity contribution in [3.63, 3.8) is 0 Å². The van der Waals surface area contributed by atoms with Crippen molar-refractivity contribution in [1.29, 1.82) is 0 Å². The van der Waals surface area contributed by atoms with Crippen LogP contribution < -0.4 is 19.3 Å². The summed E-state index contributed by atoms with van der Waals surface area (Å²) in [5.74, 6) is -26.6. The Balaban J connectivity index is 1.44. The van der Waals surface area contributed by atoms with Crippen molar-refractivity contribution in [2.45, 2.75) is 28.5 Å². The van der Waals surface area contributed by atoms with Crippen LogP contribution in [0.5, 0.6) is 23.0 Å². The molecule has 19 heteroatoms. The maximum atomic E-state index is 15.3. The lowest BCUT2D eigenvalue weighted by Gasteiger charge is -2.50. The molecular formula is C35H23Cl2F5N2O10. The van der Waals surface area contributed by atoms with Gasteiger partial charge >= 0.3 is 5.97 Å². The number of carbonyl (C=O) groups is 5. The molecule has 0 bridgehead atoms. The second-order valence-corrected chi connectivity index (χ2v) is 14.2. The zero-order valence-electron chi connectivity index (χ0n) is 27.4. The molecule has 2 saturated heterocycles. The number of alkyl halides is 2. The van der Waals surface area contributed by atoms with Crippen molar-refractivity contribution in [1.82, 2.24) is 0 Å². The van der Waals surface area contributed by atoms with Gasteiger partial charge in [0.15, 0.2) is 44.5 Å². The number of carboxylic acid groups (broad SMARTS) is 1. The first kappa shape index (κ1) is 36.9. The van der Waals surface area contributed by atoms with E-state index in [9.17, 15) is 52.5 Å². The van der Waals surface area contributed by atoms with E-state index in [0.717, 1.165) is 32.4 Å². The molecule has 2 aliphatic heterocycles. The molecule has 54 heavy (non-hydrogen) atoms. The van der Waals surface area contributed by atoms with Crippen molar-refractivity contribution >= 4 is 64.2 Å². The third kappa shape index (κ3) is 4.63. The summed E-state index contributed by atoms with van der Waals surface area (Å²) in [6, 6.07) is 5.29. The molecule has 3 aromatic rings. The second-order valence-electron chi connectivity index (χ2n) is 13.0. The Hall–Kier alpha value is -5.42. The minimum absolute atomic E-state index is 0.0841. The largest absolute Gasteiger partial charge is 0.507 e. The normalized spacial score (nSPS) is 27.5. The third-order valence-corrected chi connectivity index (χ3v) is 11.9. The molecule has 12 nitrogen and oxygen atoms in total. The van der Waals surface area contributed by atoms with Crippen LogP contribution in [0.25, 0.3) is 0 Å². The number of anilines is 2. The van der Waals surface area contributed by atoms with Gasteiger partial charge in [-0.15, -0.1) is 23.2 Å². The van der Waals surface area contributed by atoms with Crippen molar-refractivity contribution < 1.29 is 70.7 Å². The van der Waals surface area contributed by atoms with Crippen molar-refractivity contribution in [2.24, 2.45) is 17.8 Å². The van der Waals surface area contributed by atoms with Crippen LogP contribution in [0.1, 0.15) is 34.7 Å². The van der Waals surface area contributed by atoms with Gasteiger partial charge in [-0.2, -0.15) is 0 Å². The highest BCUT2D eigenvalue weighted by Gasteiger charge is 2.77. The summed E-state index contributed by atoms with van der Waals surface area (Å²) in [6.07, 6.45) is 0.452. The average molecular weight is 797 g/mol. The fourth-order valence-electron chi connectivity index (χ4n) is 8.12. The van der Waals surface area contributed by atoms with Gasteiger partial charge in [0.25, 0.3) is 11.8 Å². The standard InChI is InChI=1S/C35H23Cl2F5N2O10/c1-53-18-7-11(8-19(54-2)28(18)46)21-13-5-6-15-20(30(48)43(29(15)47)12-3-4-14(31(49)50)17(45)9-12)16(13)10-34(36)32(51)44(33(52)35(21,34)37)27-25(41)23(39)22(38)24(40)26(27)42/h3-5,7-9,15-16,20-21,45-46H,6,10H2,1-2H3,(H,49,50). The number of aromatic hydroxyl groups is 2. The van der Waals surface area contributed by atoms with E-state index >= 15 is 8.78 Å². The first-order valence-corrected chi connectivity index (χ1v) is 16.5. The van der Waals surface area contributed by atoms with Gasteiger partial charge in [0.1, 0.15) is 17.0 Å². The number of carbonyl (C=O) groups excluding carboxylic acids is 4. The van der Waals surface area contributed by atoms with Crippen LogP contribution in [0, 0.1) is 46.8 Å². The Labute approximate surface area is 309 Å². The molecule has 282 valence electrons. The predicted molar refractivity (Wildman–Crippen MR) is 175 cm³/mol. The van der Waals surface area contributed by atoms with Gasteiger partial charge in [0, 0.05) is 12.0 Å². The minimum Gasteiger partial charge on any atom is -0.507 e. The first-order valence-electron chi connectivity index (χ1n) is 15.7. The number of imide groups is 2. The van der Waals surface area contributed by atoms with Crippen molar-refractivity contribution in [3.8, 4) is 23.0 Å². The molecule has 2 heterocycles. The molecule has 0 radical (unpaired) electrons. The van der Waals surface area contributed by atoms with Gasteiger partial charge in [-0.05, 0) is 48.6 Å². The highest BCUT2D eigenvalue weighted by atomic mass is 35.5. The van der Waals surface area contributed by atoms with Gasteiger partial charge in [-0.25, -0.2) is 36.5 Å². The molecule has 7 rings (SSSR count). The van der Waals surface area contributed by atoms with E-state index in [-0.39, 0.29) is 39.6 Å². The van der Waals surface area contributed by atoms with Crippen LogP contribution in [0.4, 0.5) is 33.3 Å². The lowest BCUT2D eigenvalue weighted by Crippen LogP contribution is -2.60. The Morgan fingerprint density at radius 3 is 1.93 bits per heavy atom. The number of carboxylic acids is 1. The summed E-state index contributed by atoms with van der Waals surface area (Å²) in [6.45, 7) is 0. The molecular weight excluding hydrogens is 774 g/mol. The maximum absolute atomic E-state index is 15.3. The Morgan fingerprint density at radius 1 is 0.815 bits per heavy atom. The van der Waals surface area contributed by atoms with E-state index in [1.807, 2.05) is 0 Å². The number of phenols is 2. The molecule has 0 spiro atoms. The lowest BCUT2D eigenvalue weighted by atomic mass is 9.56. The summed E-state index contributed by atoms with van der Waals surface area (Å²) >= 11 is 14.3. The fraction of sp³-hybridized carbons (Fsp3) is 0.286. The van der Waals surface area contributed by atoms with Crippen LogP contribution in [0.3, 0.4) is 0 Å². The molecule has 6 atom stereocenters. The minimum atomic E-state index is -2.85. The number of methoxy groups -OCH3 is 2. The number of benzene rings is 3. The quantitative estimate of drug-likeness (QED) is 0.0745. The topological polar surface area (TPSA) is 171 Å². The zero-order chi connectivity index (χ0) is 39.5. The summed E-state index contributed by atoms with van der Waals surface area (Å²) < 4.78 is 84.2. The molecule has 3 N–H and O–H groups in total. The Morgan fingerprint density at radius 2 is 1.39 bits per heavy atom. The van der Waals surface area contributed by atoms with Crippen LogP contribution in [-0.2, 0) is 19.2 Å². The summed E-state index contributed by atoms with van der Waals surface area (Å²) in [7, 11) is 2.31. The molecule has 0 aromatic heterocycles. The van der Waals surface area contributed by atoms with Gasteiger partial charge in [0.2, 0.25) is 23.4 Å². The van der Waals surface area contributed by atoms with E-state index in [2.05, 4.69) is 0 Å². The smallest absolute Gasteiger partial charge is 0.339 e. The average Bonchev–Trinajstić information content (AvgIpc) is 3.47. The van der Waals surface area contributed by atoms with E-state index in [0.29, 0.717) is 4.90 Å². The molecule has 1 saturated carbocycles. The van der Waals surface area contributed by atoms with E-state index in [4.69, 9.17) is 32.7 Å². The number of nitrogens with zero attached hydrogens (tertiary/aromatic N) is 2. The summed E-state index contributed by atoms with van der Waals surface area (Å²) in [5.41, 5.74) is -2.67. The number of allylic oxidation sites excluding steroid dienone is 2. The van der Waals surface area contributed by atoms with Crippen LogP contribution in [-0.4, -0.2) is 68.9 Å². The fourth-order valence-corrected chi connectivity index (χ4v) is 9.05. The number of aromatic carboxylic acids is 1. The lowest BCUT2D eigenvalue weighted by molar-refractivity contribution is -0.125. The number of phenolic OH excluding ortho intramolecular Hbond substituents is 1. The summed E-state index contributed by atoms with van der Waals surface area (Å²) in [4.78, 5) is 63.2. The second kappa shape index (κ2) is 12.3. The zero-order valence-corrected chi connectivity index (χ0v) is 28.9. The van der Waals surface area contributed by atoms with Gasteiger partial charge < -0.3 is 24.8 Å². The molecule has 4 aliphatic rings. The number of fused-ring (bicyclic) bond motifs is 4. The van der Waals surface area contributed by atoms with Crippen molar-refractivity contribution in [2.75, 3.05) is 24.0 Å². The predicted octanol–water partition coefficient (Wildman–Crippen LogP) is 5.28. The van der Waals surface area contributed by atoms with E-state index < -0.39 is 121 Å². The van der Waals surface area contributed by atoms with E-state index in [1.54, 1.807) is 0 Å². The Kier molecular flexibility index (Phi) is 8.42. The van der Waals surface area contributed by atoms with Crippen LogP contribution in [0.2, 0.25) is 0 Å². The number of rotatable bonds is 6. The van der Waals surface area contributed by atoms with Gasteiger partial charge in [0.05, 0.1) is 31.7 Å². The van der Waals surface area contributed by atoms with Crippen LogP contribution >= 0.6 is 23.2 Å². The van der Waals surface area contributed by atoms with Gasteiger partial charge in [-0.3, -0.25) is 19.2 Å². The SMILES string of the molecule is COc1cc(C2C3=CCC4C(=O)N(c5ccc(C(=O)O)c(O)c5)C(=O)C4C3CC3(Cl)C(=O)N(c4c(F)c(F)c(F)c(F)c4F)C(=O)C23Cl)cc(OC)c1O. The third-order valence-electron chi connectivity index (χ3n) is 10.5. The first-order chi connectivity index (χ1) is 25.4. The molecule has 3 aromatic carbocycles. The van der Waals surface area contributed by atoms with Crippen LogP contribution in [0.15, 0.2) is 42.0 Å². The Bertz CT molecular complexity index is 2250. The number of hydrogen-bond acceptors (Lipinski definition) is 9. The number of amides is 4. The number of hydrogen-bond donors (Lipinski definition) is 3. The molecule has 4 amide bonds. The van der Waals surface area contributed by atoms with E-state index in [1.165, 1.54) is 18.2 Å². The summed E-state index contributed by atoms with van der Waals surface area (Å²) in [5, 5.41) is 30.3. The maximum Gasteiger partial charge on any atom is 0.339 e. The number of ether oxygens (including phenoxy) is 2. The molecule has 3 fully saturated rings. The number of halogens is 7. The molecule has 2 aliphatic carbocycles. The monoisotopic (exact) mass is 796 g/mol. The molecule has 6 unspecified atom stereocenters. The van der Waals surface area contributed by atoms with Crippen molar-refractivity contribution in [3.05, 3.63) is 82.2 Å².